The van der Waals surface area contributed by atoms with Crippen LogP contribution in [-0.4, -0.2) is 21.4 Å². The third-order valence-corrected chi connectivity index (χ3v) is 3.22. The minimum Gasteiger partial charge on any atom is -0.295 e. The van der Waals surface area contributed by atoms with E-state index in [0.717, 1.165) is 11.0 Å². The SMILES string of the molecule is [2H]c1c([2H])c([2H])c2c(nc3n2C(=O)C(CCCC)C(=O)N3)c1[2H]. The van der Waals surface area contributed by atoms with Crippen LogP contribution in [0.1, 0.15) is 36.5 Å². The highest BCUT2D eigenvalue weighted by molar-refractivity contribution is 6.14. The second-order valence-corrected chi connectivity index (χ2v) is 4.49. The number of imidazole rings is 1. The summed E-state index contributed by atoms with van der Waals surface area (Å²) in [5, 5.41) is 2.54. The van der Waals surface area contributed by atoms with Crippen molar-refractivity contribution in [3.8, 4) is 0 Å². The van der Waals surface area contributed by atoms with Gasteiger partial charge >= 0.3 is 0 Å². The van der Waals surface area contributed by atoms with E-state index in [0.29, 0.717) is 12.8 Å². The number of hydrogen-bond donors (Lipinski definition) is 1. The number of carbonyl (C=O) groups is 2. The molecule has 1 N–H and O–H groups in total. The van der Waals surface area contributed by atoms with Crippen molar-refractivity contribution in [2.45, 2.75) is 26.2 Å². The average Bonchev–Trinajstić information content (AvgIpc) is 2.90. The number of nitrogens with zero attached hydrogens (tertiary/aromatic N) is 2. The highest BCUT2D eigenvalue weighted by Crippen LogP contribution is 2.27. The topological polar surface area (TPSA) is 64.0 Å². The van der Waals surface area contributed by atoms with Crippen molar-refractivity contribution in [3.05, 3.63) is 24.2 Å². The molecule has 0 saturated heterocycles. The predicted molar refractivity (Wildman–Crippen MR) is 72.0 cm³/mol. The number of carbonyl (C=O) groups excluding carboxylic acids is 2. The van der Waals surface area contributed by atoms with E-state index in [4.69, 9.17) is 5.48 Å². The van der Waals surface area contributed by atoms with Crippen LogP contribution < -0.4 is 5.32 Å². The van der Waals surface area contributed by atoms with E-state index in [9.17, 15) is 9.59 Å². The van der Waals surface area contributed by atoms with E-state index in [1.165, 1.54) is 0 Å². The number of hydrogen-bond acceptors (Lipinski definition) is 3. The van der Waals surface area contributed by atoms with Gasteiger partial charge in [0.25, 0.3) is 0 Å². The average molecular weight is 261 g/mol. The summed E-state index contributed by atoms with van der Waals surface area (Å²) in [5.41, 5.74) is -0.00621. The lowest BCUT2D eigenvalue weighted by atomic mass is 9.99. The summed E-state index contributed by atoms with van der Waals surface area (Å²) < 4.78 is 32.4. The Bertz CT molecular complexity index is 847. The van der Waals surface area contributed by atoms with Crippen LogP contribution in [0.5, 0.6) is 0 Å². The van der Waals surface area contributed by atoms with Crippen molar-refractivity contribution in [1.29, 1.82) is 0 Å². The maximum Gasteiger partial charge on any atom is 0.246 e. The largest absolute Gasteiger partial charge is 0.295 e. The number of unbranched alkanes of at least 4 members (excludes halogenated alkanes) is 1. The number of para-hydroxylation sites is 2. The molecule has 1 aromatic carbocycles. The number of anilines is 1. The maximum absolute atomic E-state index is 12.7. The van der Waals surface area contributed by atoms with E-state index in [-0.39, 0.29) is 29.1 Å². The second-order valence-electron chi connectivity index (χ2n) is 4.49. The molecular weight excluding hydrogens is 242 g/mol. The Morgan fingerprint density at radius 1 is 1.42 bits per heavy atom. The quantitative estimate of drug-likeness (QED) is 0.863. The third-order valence-electron chi connectivity index (χ3n) is 3.22. The minimum absolute atomic E-state index is 0.0116. The Hall–Kier alpha value is -2.17. The molecule has 98 valence electrons. The fraction of sp³-hybridized carbons (Fsp3) is 0.357. The Morgan fingerprint density at radius 2 is 2.21 bits per heavy atom. The number of benzene rings is 1. The number of aromatic nitrogens is 2. The first-order chi connectivity index (χ1) is 10.9. The molecule has 0 spiro atoms. The van der Waals surface area contributed by atoms with Crippen molar-refractivity contribution in [3.63, 3.8) is 0 Å². The Kier molecular flexibility index (Phi) is 1.91. The molecule has 0 aliphatic carbocycles. The second kappa shape index (κ2) is 4.50. The number of amides is 1. The lowest BCUT2D eigenvalue weighted by Crippen LogP contribution is -2.39. The van der Waals surface area contributed by atoms with Gasteiger partial charge in [-0.2, -0.15) is 0 Å². The summed E-state index contributed by atoms with van der Waals surface area (Å²) in [4.78, 5) is 28.8. The van der Waals surface area contributed by atoms with Gasteiger partial charge in [-0.15, -0.1) is 0 Å². The molecular formula is C14H15N3O2. The molecule has 1 aromatic heterocycles. The highest BCUT2D eigenvalue weighted by Gasteiger charge is 2.35. The van der Waals surface area contributed by atoms with Crippen molar-refractivity contribution in [2.24, 2.45) is 5.92 Å². The molecule has 2 aromatic rings. The van der Waals surface area contributed by atoms with Crippen LogP contribution in [0.25, 0.3) is 11.0 Å². The van der Waals surface area contributed by atoms with Gasteiger partial charge in [-0.3, -0.25) is 14.9 Å². The van der Waals surface area contributed by atoms with Gasteiger partial charge < -0.3 is 0 Å². The smallest absolute Gasteiger partial charge is 0.246 e. The zero-order chi connectivity index (χ0) is 16.9. The van der Waals surface area contributed by atoms with Crippen LogP contribution in [0.2, 0.25) is 0 Å². The molecule has 1 amide bonds. The molecule has 1 unspecified atom stereocenters. The predicted octanol–water partition coefficient (Wildman–Crippen LogP) is 2.43. The van der Waals surface area contributed by atoms with Crippen molar-refractivity contribution < 1.29 is 15.1 Å². The summed E-state index contributed by atoms with van der Waals surface area (Å²) in [7, 11) is 0. The summed E-state index contributed by atoms with van der Waals surface area (Å²) in [6, 6.07) is -1.51. The number of nitrogens with one attached hydrogen (secondary N) is 1. The molecule has 0 saturated carbocycles. The first-order valence-electron chi connectivity index (χ1n) is 8.22. The van der Waals surface area contributed by atoms with E-state index in [2.05, 4.69) is 10.3 Å². The van der Waals surface area contributed by atoms with Gasteiger partial charge in [0, 0.05) is 0 Å². The van der Waals surface area contributed by atoms with Gasteiger partial charge in [-0.1, -0.05) is 31.9 Å². The first-order valence-corrected chi connectivity index (χ1v) is 6.22. The third kappa shape index (κ3) is 1.82. The molecule has 5 heteroatoms. The van der Waals surface area contributed by atoms with Crippen LogP contribution in [0.4, 0.5) is 5.95 Å². The zero-order valence-electron chi connectivity index (χ0n) is 14.4. The molecule has 3 rings (SSSR count). The summed E-state index contributed by atoms with van der Waals surface area (Å²) in [6.07, 6.45) is 1.95. The van der Waals surface area contributed by atoms with Crippen LogP contribution in [0.3, 0.4) is 0 Å². The fourth-order valence-corrected chi connectivity index (χ4v) is 2.23. The van der Waals surface area contributed by atoms with Gasteiger partial charge in [-0.25, -0.2) is 9.55 Å². The number of rotatable bonds is 3. The standard InChI is InChI=1S/C14H15N3O2/c1-2-3-6-9-12(18)16-14-15-10-7-4-5-8-11(10)17(14)13(9)19/h4-5,7-9H,2-3,6H2,1H3,(H,15,16,18)/i4D,5D,7D,8D. The molecule has 1 aliphatic heterocycles. The molecule has 0 radical (unpaired) electrons. The van der Waals surface area contributed by atoms with E-state index in [1.807, 2.05) is 6.92 Å². The van der Waals surface area contributed by atoms with Crippen LogP contribution >= 0.6 is 0 Å². The van der Waals surface area contributed by atoms with Gasteiger partial charge in [0.1, 0.15) is 5.92 Å². The monoisotopic (exact) mass is 261 g/mol. The minimum atomic E-state index is -0.863. The number of fused-ring (bicyclic) bond motifs is 3. The van der Waals surface area contributed by atoms with Gasteiger partial charge in [0.15, 0.2) is 0 Å². The first kappa shape index (κ1) is 8.09. The molecule has 1 atom stereocenters. The summed E-state index contributed by atoms with van der Waals surface area (Å²) in [6.45, 7) is 1.96. The highest BCUT2D eigenvalue weighted by atomic mass is 16.2. The molecule has 19 heavy (non-hydrogen) atoms. The molecule has 0 bridgehead atoms. The Balaban J connectivity index is 2.25. The van der Waals surface area contributed by atoms with Crippen molar-refractivity contribution in [1.82, 2.24) is 9.55 Å². The molecule has 5 nitrogen and oxygen atoms in total. The summed E-state index contributed by atoms with van der Waals surface area (Å²) >= 11 is 0. The lowest BCUT2D eigenvalue weighted by Gasteiger charge is -2.22. The molecule has 0 fully saturated rings. The fourth-order valence-electron chi connectivity index (χ4n) is 2.23. The normalized spacial score (nSPS) is 21.4. The summed E-state index contributed by atoms with van der Waals surface area (Å²) in [5.74, 6) is -1.85. The Morgan fingerprint density at radius 3 is 3.00 bits per heavy atom. The van der Waals surface area contributed by atoms with Crippen LogP contribution in [0.15, 0.2) is 24.2 Å². The molecule has 2 heterocycles. The zero-order valence-corrected chi connectivity index (χ0v) is 10.4. The van der Waals surface area contributed by atoms with Crippen LogP contribution in [0, 0.1) is 5.92 Å². The van der Waals surface area contributed by atoms with E-state index < -0.39 is 29.8 Å². The van der Waals surface area contributed by atoms with Crippen LogP contribution in [-0.2, 0) is 4.79 Å². The Labute approximate surface area is 116 Å². The van der Waals surface area contributed by atoms with Crippen molar-refractivity contribution >= 4 is 28.8 Å². The van der Waals surface area contributed by atoms with Gasteiger partial charge in [-0.05, 0) is 18.5 Å². The van der Waals surface area contributed by atoms with E-state index in [1.54, 1.807) is 0 Å². The van der Waals surface area contributed by atoms with Crippen molar-refractivity contribution in [2.75, 3.05) is 5.32 Å². The van der Waals surface area contributed by atoms with Gasteiger partial charge in [0.05, 0.1) is 16.5 Å². The lowest BCUT2D eigenvalue weighted by molar-refractivity contribution is -0.119. The van der Waals surface area contributed by atoms with Gasteiger partial charge in [0.2, 0.25) is 17.8 Å². The molecule has 1 aliphatic rings. The maximum atomic E-state index is 12.7. The van der Waals surface area contributed by atoms with E-state index >= 15 is 0 Å².